The third kappa shape index (κ3) is 9.31. The van der Waals surface area contributed by atoms with E-state index in [0.29, 0.717) is 16.2 Å². The number of hydrazine groups is 1. The molecule has 5 N–H and O–H groups in total. The number of rotatable bonds is 4. The summed E-state index contributed by atoms with van der Waals surface area (Å²) in [5, 5.41) is 0.512. The van der Waals surface area contributed by atoms with Gasteiger partial charge >= 0.3 is 12.1 Å². The monoisotopic (exact) mass is 255 g/mol. The fourth-order valence-corrected chi connectivity index (χ4v) is 0.657. The van der Waals surface area contributed by atoms with Crippen molar-refractivity contribution in [3.05, 3.63) is 0 Å². The first-order valence-corrected chi connectivity index (χ1v) is 4.31. The van der Waals surface area contributed by atoms with Crippen molar-refractivity contribution in [1.29, 1.82) is 0 Å². The highest BCUT2D eigenvalue weighted by Gasteiger charge is 2.14. The van der Waals surface area contributed by atoms with Gasteiger partial charge in [-0.2, -0.15) is 0 Å². The SMILES string of the molecule is C[N+](C)(C)CCON(NC(N)=O)C(N)=O.[Cl-]. The number of hydrogen-bond donors (Lipinski definition) is 3. The van der Waals surface area contributed by atoms with Crippen molar-refractivity contribution in [2.75, 3.05) is 34.3 Å². The number of carbonyl (C=O) groups excluding carboxylic acids is 2. The molecule has 0 atom stereocenters. The quantitative estimate of drug-likeness (QED) is 0.348. The average Bonchev–Trinajstić information content (AvgIpc) is 1.99. The van der Waals surface area contributed by atoms with Gasteiger partial charge in [0.05, 0.1) is 21.1 Å². The topological polar surface area (TPSA) is 111 Å². The summed E-state index contributed by atoms with van der Waals surface area (Å²) in [4.78, 5) is 26.1. The van der Waals surface area contributed by atoms with Crippen LogP contribution in [0.15, 0.2) is 0 Å². The van der Waals surface area contributed by atoms with E-state index in [0.717, 1.165) is 0 Å². The van der Waals surface area contributed by atoms with Gasteiger partial charge in [-0.15, -0.1) is 5.17 Å². The molecular weight excluding hydrogens is 238 g/mol. The zero-order valence-corrected chi connectivity index (χ0v) is 10.3. The van der Waals surface area contributed by atoms with Gasteiger partial charge in [0, 0.05) is 0 Å². The average molecular weight is 256 g/mol. The Morgan fingerprint density at radius 2 is 1.81 bits per heavy atom. The largest absolute Gasteiger partial charge is 1.00 e. The molecule has 0 aromatic rings. The second-order valence-corrected chi connectivity index (χ2v) is 3.96. The Morgan fingerprint density at radius 1 is 1.31 bits per heavy atom. The molecule has 0 saturated carbocycles. The molecule has 0 unspecified atom stereocenters. The minimum absolute atomic E-state index is 0. The summed E-state index contributed by atoms with van der Waals surface area (Å²) in [5.41, 5.74) is 11.7. The van der Waals surface area contributed by atoms with Gasteiger partial charge in [0.15, 0.2) is 0 Å². The minimum atomic E-state index is -0.935. The normalized spacial score (nSPS) is 10.2. The van der Waals surface area contributed by atoms with Gasteiger partial charge in [-0.25, -0.2) is 19.9 Å². The molecule has 0 bridgehead atoms. The van der Waals surface area contributed by atoms with Gasteiger partial charge in [-0.1, -0.05) is 0 Å². The van der Waals surface area contributed by atoms with Gasteiger partial charge < -0.3 is 28.4 Å². The van der Waals surface area contributed by atoms with Crippen LogP contribution in [0.5, 0.6) is 0 Å². The first kappa shape index (κ1) is 17.2. The lowest BCUT2D eigenvalue weighted by Gasteiger charge is -2.25. The molecule has 96 valence electrons. The molecule has 0 heterocycles. The fourth-order valence-electron chi connectivity index (χ4n) is 0.657. The summed E-state index contributed by atoms with van der Waals surface area (Å²) in [6.45, 7) is 0.872. The number of primary amides is 2. The number of nitrogens with one attached hydrogen (secondary N) is 1. The highest BCUT2D eigenvalue weighted by molar-refractivity contribution is 5.77. The van der Waals surface area contributed by atoms with E-state index in [4.69, 9.17) is 16.3 Å². The molecule has 0 fully saturated rings. The third-order valence-corrected chi connectivity index (χ3v) is 1.39. The van der Waals surface area contributed by atoms with Crippen LogP contribution >= 0.6 is 0 Å². The first-order valence-electron chi connectivity index (χ1n) is 4.31. The molecule has 0 aromatic heterocycles. The van der Waals surface area contributed by atoms with E-state index < -0.39 is 12.1 Å². The van der Waals surface area contributed by atoms with Crippen LogP contribution in [0.3, 0.4) is 0 Å². The maximum Gasteiger partial charge on any atom is 0.358 e. The number of urea groups is 2. The Labute approximate surface area is 100 Å². The molecule has 4 amide bonds. The zero-order valence-electron chi connectivity index (χ0n) is 9.57. The van der Waals surface area contributed by atoms with E-state index in [9.17, 15) is 9.59 Å². The summed E-state index contributed by atoms with van der Waals surface area (Å²) < 4.78 is 0.656. The zero-order chi connectivity index (χ0) is 12.1. The van der Waals surface area contributed by atoms with Gasteiger partial charge in [0.2, 0.25) is 0 Å². The molecule has 0 radical (unpaired) electrons. The van der Waals surface area contributed by atoms with Crippen molar-refractivity contribution >= 4 is 12.1 Å². The molecular formula is C7H18ClN5O3. The molecule has 9 heteroatoms. The summed E-state index contributed by atoms with van der Waals surface area (Å²) in [6, 6.07) is -1.85. The van der Waals surface area contributed by atoms with Crippen molar-refractivity contribution in [3.8, 4) is 0 Å². The number of hydrogen-bond acceptors (Lipinski definition) is 3. The molecule has 0 aromatic carbocycles. The standard InChI is InChI=1S/C7H17N5O3.ClH/c1-12(2,3)4-5-15-11(7(9)14)10-6(8)13;/h4-5H2,1-3H3,(H4-,8,9,10,13,14);1H. The minimum Gasteiger partial charge on any atom is -1.00 e. The maximum atomic E-state index is 10.7. The van der Waals surface area contributed by atoms with Crippen molar-refractivity contribution < 1.29 is 31.3 Å². The Hall–Kier alpha value is -1.25. The second kappa shape index (κ2) is 7.09. The van der Waals surface area contributed by atoms with Crippen LogP contribution in [-0.2, 0) is 4.84 Å². The first-order chi connectivity index (χ1) is 6.72. The van der Waals surface area contributed by atoms with Crippen LogP contribution in [0, 0.1) is 0 Å². The smallest absolute Gasteiger partial charge is 0.358 e. The Bertz CT molecular complexity index is 243. The second-order valence-electron chi connectivity index (χ2n) is 3.96. The summed E-state index contributed by atoms with van der Waals surface area (Å²) in [6.07, 6.45) is 0. The van der Waals surface area contributed by atoms with Crippen molar-refractivity contribution in [3.63, 3.8) is 0 Å². The number of amides is 4. The molecule has 0 aliphatic heterocycles. The number of likely N-dealkylation sites (N-methyl/N-ethyl adjacent to an activating group) is 1. The van der Waals surface area contributed by atoms with E-state index in [2.05, 4.69) is 0 Å². The Kier molecular flexibility index (Phi) is 7.61. The molecule has 0 rings (SSSR count). The molecule has 0 aliphatic rings. The number of nitrogens with zero attached hydrogens (tertiary/aromatic N) is 2. The van der Waals surface area contributed by atoms with E-state index >= 15 is 0 Å². The van der Waals surface area contributed by atoms with E-state index in [1.54, 1.807) is 0 Å². The van der Waals surface area contributed by atoms with Crippen LogP contribution < -0.4 is 29.3 Å². The summed E-state index contributed by atoms with van der Waals surface area (Å²) in [7, 11) is 5.87. The molecule has 0 saturated heterocycles. The van der Waals surface area contributed by atoms with Gasteiger partial charge in [-0.05, 0) is 0 Å². The maximum absolute atomic E-state index is 10.7. The predicted octanol–water partition coefficient (Wildman–Crippen LogP) is -4.41. The van der Waals surface area contributed by atoms with Crippen molar-refractivity contribution in [2.45, 2.75) is 0 Å². The Morgan fingerprint density at radius 3 is 2.12 bits per heavy atom. The number of hydroxylamine groups is 1. The van der Waals surface area contributed by atoms with Crippen LogP contribution in [-0.4, -0.2) is 56.0 Å². The fraction of sp³-hybridized carbons (Fsp3) is 0.714. The highest BCUT2D eigenvalue weighted by atomic mass is 35.5. The number of halogens is 1. The Balaban J connectivity index is 0. The molecule has 8 nitrogen and oxygen atoms in total. The van der Waals surface area contributed by atoms with E-state index in [-0.39, 0.29) is 19.0 Å². The van der Waals surface area contributed by atoms with Crippen molar-refractivity contribution in [2.24, 2.45) is 11.5 Å². The lowest BCUT2D eigenvalue weighted by atomic mass is 10.5. The van der Waals surface area contributed by atoms with E-state index in [1.807, 2.05) is 26.6 Å². The lowest BCUT2D eigenvalue weighted by molar-refractivity contribution is -0.871. The molecule has 16 heavy (non-hydrogen) atoms. The van der Waals surface area contributed by atoms with Gasteiger partial charge in [0.1, 0.15) is 13.2 Å². The van der Waals surface area contributed by atoms with Crippen LogP contribution in [0.2, 0.25) is 0 Å². The number of nitrogens with two attached hydrogens (primary N) is 2. The van der Waals surface area contributed by atoms with Crippen molar-refractivity contribution in [1.82, 2.24) is 10.6 Å². The third-order valence-electron chi connectivity index (χ3n) is 1.39. The van der Waals surface area contributed by atoms with Gasteiger partial charge in [-0.3, -0.25) is 0 Å². The summed E-state index contributed by atoms with van der Waals surface area (Å²) in [5.74, 6) is 0. The summed E-state index contributed by atoms with van der Waals surface area (Å²) >= 11 is 0. The lowest BCUT2D eigenvalue weighted by Crippen LogP contribution is -3.00. The highest BCUT2D eigenvalue weighted by Crippen LogP contribution is 1.91. The van der Waals surface area contributed by atoms with Crippen LogP contribution in [0.1, 0.15) is 0 Å². The number of quaternary nitrogens is 1. The molecule has 0 aliphatic carbocycles. The number of carbonyl (C=O) groups is 2. The predicted molar refractivity (Wildman–Crippen MR) is 53.0 cm³/mol. The molecule has 0 spiro atoms. The van der Waals surface area contributed by atoms with Crippen LogP contribution in [0.25, 0.3) is 0 Å². The van der Waals surface area contributed by atoms with E-state index in [1.165, 1.54) is 0 Å². The van der Waals surface area contributed by atoms with Gasteiger partial charge in [0.25, 0.3) is 0 Å². The van der Waals surface area contributed by atoms with Crippen LogP contribution in [0.4, 0.5) is 9.59 Å².